The fraction of sp³-hybridized carbons (Fsp3) is 0.812. The zero-order chi connectivity index (χ0) is 69.4. The Morgan fingerprint density at radius 3 is 1.11 bits per heavy atom. The molecule has 11 nitrogen and oxygen atoms in total. The Labute approximate surface area is 591 Å². The zero-order valence-corrected chi connectivity index (χ0v) is 62.3. The maximum absolute atomic E-state index is 13.1. The van der Waals surface area contributed by atoms with E-state index in [2.05, 4.69) is 92.1 Å². The highest BCUT2D eigenvalue weighted by atomic mass is 16.7. The Bertz CT molecular complexity index is 1880. The second-order valence-corrected chi connectivity index (χ2v) is 28.1. The van der Waals surface area contributed by atoms with Crippen LogP contribution in [0.3, 0.4) is 0 Å². The van der Waals surface area contributed by atoms with Crippen LogP contribution in [0.1, 0.15) is 380 Å². The molecule has 0 radical (unpaired) electrons. The van der Waals surface area contributed by atoms with Crippen LogP contribution >= 0.6 is 0 Å². The summed E-state index contributed by atoms with van der Waals surface area (Å²) in [5.41, 5.74) is 0. The maximum Gasteiger partial charge on any atom is 0.305 e. The number of hydrogen-bond donors (Lipinski definition) is 6. The first-order valence-corrected chi connectivity index (χ1v) is 40.9. The highest BCUT2D eigenvalue weighted by Gasteiger charge is 2.44. The summed E-state index contributed by atoms with van der Waals surface area (Å²) in [6, 6.07) is -0.834. The Kier molecular flexibility index (Phi) is 69.2. The van der Waals surface area contributed by atoms with Crippen molar-refractivity contribution < 1.29 is 49.3 Å². The third-order valence-corrected chi connectivity index (χ3v) is 18.9. The number of esters is 1. The zero-order valence-electron chi connectivity index (χ0n) is 62.3. The SMILES string of the molecule is CCCCC/C=C/CC/C=C/CC/C=C/C(O)C(COC1OC(CO)C(O)C(O)C1O)NC(=O)CCCCCCCCCCCCCCCCCCC/C=C\C/C=C\CCCCCCCCCCCCCCCCCOC(=O)CCCCCCC/C=C\C/C=C\CCCCCC. The van der Waals surface area contributed by atoms with Crippen LogP contribution in [0.4, 0.5) is 0 Å². The van der Waals surface area contributed by atoms with Gasteiger partial charge in [0.05, 0.1) is 32.0 Å². The minimum Gasteiger partial charge on any atom is -0.466 e. The second-order valence-electron chi connectivity index (χ2n) is 28.1. The number of carbonyl (C=O) groups excluding carboxylic acids is 2. The van der Waals surface area contributed by atoms with E-state index in [1.54, 1.807) is 6.08 Å². The molecular weight excluding hydrogens is 1190 g/mol. The summed E-state index contributed by atoms with van der Waals surface area (Å²) in [6.45, 7) is 4.30. The number of unbranched alkanes of at least 4 members (excludes halogenated alkanes) is 46. The molecule has 11 heteroatoms. The third kappa shape index (κ3) is 60.8. The number of hydrogen-bond acceptors (Lipinski definition) is 10. The first-order valence-electron chi connectivity index (χ1n) is 40.9. The smallest absolute Gasteiger partial charge is 0.305 e. The summed E-state index contributed by atoms with van der Waals surface area (Å²) in [6.07, 6.45) is 92.0. The van der Waals surface area contributed by atoms with Gasteiger partial charge in [0, 0.05) is 12.8 Å². The first kappa shape index (κ1) is 90.9. The van der Waals surface area contributed by atoms with E-state index in [0.29, 0.717) is 19.4 Å². The Morgan fingerprint density at radius 2 is 0.708 bits per heavy atom. The van der Waals surface area contributed by atoms with E-state index in [-0.39, 0.29) is 18.5 Å². The monoisotopic (exact) mass is 1350 g/mol. The predicted octanol–water partition coefficient (Wildman–Crippen LogP) is 22.4. The molecule has 0 bridgehead atoms. The van der Waals surface area contributed by atoms with Crippen molar-refractivity contribution in [3.05, 3.63) is 85.1 Å². The van der Waals surface area contributed by atoms with E-state index in [9.17, 15) is 35.1 Å². The molecule has 96 heavy (non-hydrogen) atoms. The highest BCUT2D eigenvalue weighted by molar-refractivity contribution is 5.76. The molecule has 1 rings (SSSR count). The molecule has 1 fully saturated rings. The van der Waals surface area contributed by atoms with Gasteiger partial charge >= 0.3 is 5.97 Å². The van der Waals surface area contributed by atoms with Gasteiger partial charge in [-0.25, -0.2) is 0 Å². The lowest BCUT2D eigenvalue weighted by Gasteiger charge is -2.40. The summed E-state index contributed by atoms with van der Waals surface area (Å²) in [5, 5.41) is 54.5. The molecule has 0 aliphatic carbocycles. The van der Waals surface area contributed by atoms with Crippen LogP contribution in [0.5, 0.6) is 0 Å². The van der Waals surface area contributed by atoms with Gasteiger partial charge < -0.3 is 45.1 Å². The van der Waals surface area contributed by atoms with Gasteiger partial charge in [0.2, 0.25) is 5.91 Å². The fourth-order valence-electron chi connectivity index (χ4n) is 12.5. The van der Waals surface area contributed by atoms with Gasteiger partial charge in [-0.3, -0.25) is 9.59 Å². The molecule has 0 aromatic carbocycles. The van der Waals surface area contributed by atoms with Gasteiger partial charge in [0.15, 0.2) is 6.29 Å². The largest absolute Gasteiger partial charge is 0.466 e. The molecular formula is C85H153NO10. The molecule has 1 aliphatic heterocycles. The number of nitrogens with one attached hydrogen (secondary N) is 1. The summed E-state index contributed by atoms with van der Waals surface area (Å²) in [4.78, 5) is 25.2. The minimum absolute atomic E-state index is 0.000648. The molecule has 0 spiro atoms. The quantitative estimate of drug-likeness (QED) is 0.0195. The predicted molar refractivity (Wildman–Crippen MR) is 407 cm³/mol. The van der Waals surface area contributed by atoms with Gasteiger partial charge in [0.1, 0.15) is 24.4 Å². The van der Waals surface area contributed by atoms with E-state index in [1.807, 2.05) is 6.08 Å². The van der Waals surface area contributed by atoms with E-state index in [0.717, 1.165) is 83.5 Å². The maximum atomic E-state index is 13.1. The summed E-state index contributed by atoms with van der Waals surface area (Å²) in [5.74, 6) is -0.193. The van der Waals surface area contributed by atoms with Crippen molar-refractivity contribution in [2.75, 3.05) is 19.8 Å². The van der Waals surface area contributed by atoms with Crippen molar-refractivity contribution in [2.24, 2.45) is 0 Å². The van der Waals surface area contributed by atoms with Gasteiger partial charge in [0.25, 0.3) is 0 Å². The summed E-state index contributed by atoms with van der Waals surface area (Å²) in [7, 11) is 0. The van der Waals surface area contributed by atoms with Crippen molar-refractivity contribution in [3.8, 4) is 0 Å². The molecule has 1 amide bonds. The van der Waals surface area contributed by atoms with Crippen molar-refractivity contribution in [3.63, 3.8) is 0 Å². The van der Waals surface area contributed by atoms with Gasteiger partial charge in [-0.05, 0) is 122 Å². The number of rotatable bonds is 72. The van der Waals surface area contributed by atoms with E-state index in [1.165, 1.54) is 270 Å². The number of aliphatic hydroxyl groups is 5. The third-order valence-electron chi connectivity index (χ3n) is 18.9. The lowest BCUT2D eigenvalue weighted by Crippen LogP contribution is -2.60. The van der Waals surface area contributed by atoms with Crippen molar-refractivity contribution in [1.29, 1.82) is 0 Å². The van der Waals surface area contributed by atoms with Crippen LogP contribution in [-0.2, 0) is 23.8 Å². The molecule has 0 aromatic rings. The topological polar surface area (TPSA) is 175 Å². The second kappa shape index (κ2) is 73.1. The standard InChI is InChI=1S/C85H153NO10/c1-3-5-7-9-11-13-15-17-18-45-49-53-57-61-65-69-73-81(90)94-74-70-66-62-58-54-50-46-43-41-39-37-35-33-31-29-27-25-23-21-19-20-22-24-26-28-30-32-34-36-38-40-42-44-48-52-56-60-64-68-72-80(89)86-77(76-95-85-84(93)83(92)82(91)79(75-87)96-85)78(88)71-67-63-59-55-51-47-16-14-12-10-8-6-4-2/h12-15,18-20,23,25,45,51,55,67,71,77-79,82-85,87-88,91-93H,3-11,16-17,21-22,24,26-44,46-50,52-54,56-66,68-70,72-76H2,1-2H3,(H,86,89)/b14-12+,15-13-,20-19-,25-23-,45-18-,55-51+,71-67+. The van der Waals surface area contributed by atoms with Crippen molar-refractivity contribution in [2.45, 2.75) is 423 Å². The van der Waals surface area contributed by atoms with Crippen LogP contribution in [0, 0.1) is 0 Å². The van der Waals surface area contributed by atoms with Crippen molar-refractivity contribution in [1.82, 2.24) is 5.32 Å². The fourth-order valence-corrected chi connectivity index (χ4v) is 12.5. The lowest BCUT2D eigenvalue weighted by molar-refractivity contribution is -0.302. The number of aliphatic hydroxyl groups excluding tert-OH is 5. The summed E-state index contributed by atoms with van der Waals surface area (Å²) >= 11 is 0. The molecule has 6 N–H and O–H groups in total. The normalized spacial score (nSPS) is 17.8. The van der Waals surface area contributed by atoms with Crippen LogP contribution in [0.25, 0.3) is 0 Å². The molecule has 0 saturated carbocycles. The van der Waals surface area contributed by atoms with E-state index < -0.39 is 49.5 Å². The molecule has 558 valence electrons. The number of carbonyl (C=O) groups is 2. The molecule has 7 atom stereocenters. The molecule has 0 aromatic heterocycles. The first-order chi connectivity index (χ1) is 47.2. The average Bonchev–Trinajstić information content (AvgIpc) is 0.843. The Balaban J connectivity index is 1.90. The summed E-state index contributed by atoms with van der Waals surface area (Å²) < 4.78 is 16.8. The Hall–Kier alpha value is -3.16. The van der Waals surface area contributed by atoms with E-state index >= 15 is 0 Å². The van der Waals surface area contributed by atoms with Gasteiger partial charge in [-0.2, -0.15) is 0 Å². The lowest BCUT2D eigenvalue weighted by atomic mass is 9.99. The number of amides is 1. The van der Waals surface area contributed by atoms with Crippen LogP contribution in [-0.4, -0.2) is 100 Å². The Morgan fingerprint density at radius 1 is 0.385 bits per heavy atom. The number of allylic oxidation sites excluding steroid dienone is 13. The molecule has 1 aliphatic rings. The molecule has 1 saturated heterocycles. The molecule has 7 unspecified atom stereocenters. The van der Waals surface area contributed by atoms with Crippen LogP contribution in [0.2, 0.25) is 0 Å². The van der Waals surface area contributed by atoms with Crippen molar-refractivity contribution >= 4 is 11.9 Å². The van der Waals surface area contributed by atoms with Crippen LogP contribution in [0.15, 0.2) is 85.1 Å². The number of ether oxygens (including phenoxy) is 3. The highest BCUT2D eigenvalue weighted by Crippen LogP contribution is 2.24. The minimum atomic E-state index is -1.58. The van der Waals surface area contributed by atoms with Gasteiger partial charge in [-0.15, -0.1) is 0 Å². The van der Waals surface area contributed by atoms with E-state index in [4.69, 9.17) is 14.2 Å². The van der Waals surface area contributed by atoms with Crippen LogP contribution < -0.4 is 5.32 Å². The van der Waals surface area contributed by atoms with Gasteiger partial charge in [-0.1, -0.05) is 330 Å². The average molecular weight is 1350 g/mol. The molecule has 1 heterocycles.